The van der Waals surface area contributed by atoms with E-state index in [0.29, 0.717) is 23.5 Å². The number of benzene rings is 4. The summed E-state index contributed by atoms with van der Waals surface area (Å²) in [6, 6.07) is 31.1. The number of anilines is 1. The van der Waals surface area contributed by atoms with Gasteiger partial charge in [-0.3, -0.25) is 19.8 Å². The molecule has 0 unspecified atom stereocenters. The fourth-order valence-electron chi connectivity index (χ4n) is 8.17. The van der Waals surface area contributed by atoms with Gasteiger partial charge in [-0.2, -0.15) is 0 Å². The number of nitro groups is 1. The maximum absolute atomic E-state index is 14.5. The summed E-state index contributed by atoms with van der Waals surface area (Å²) in [5.41, 5.74) is 2.69. The summed E-state index contributed by atoms with van der Waals surface area (Å²) < 4.78 is 11.2. The normalized spacial score (nSPS) is 26.9. The van der Waals surface area contributed by atoms with E-state index in [-0.39, 0.29) is 23.9 Å². The van der Waals surface area contributed by atoms with Crippen LogP contribution in [0.25, 0.3) is 0 Å². The zero-order chi connectivity index (χ0) is 32.0. The first-order valence-electron chi connectivity index (χ1n) is 15.6. The molecule has 0 spiro atoms. The van der Waals surface area contributed by atoms with Crippen molar-refractivity contribution >= 4 is 17.6 Å². The third kappa shape index (κ3) is 4.48. The molecule has 4 aromatic rings. The minimum Gasteiger partial charge on any atom is -0.497 e. The summed E-state index contributed by atoms with van der Waals surface area (Å²) in [7, 11) is 1.57. The molecule has 4 aromatic carbocycles. The van der Waals surface area contributed by atoms with Crippen LogP contribution in [-0.2, 0) is 27.3 Å². The van der Waals surface area contributed by atoms with Crippen LogP contribution in [0.15, 0.2) is 109 Å². The molecule has 3 aliphatic rings. The van der Waals surface area contributed by atoms with Crippen LogP contribution in [0.5, 0.6) is 5.75 Å². The van der Waals surface area contributed by atoms with E-state index in [1.165, 1.54) is 0 Å². The van der Waals surface area contributed by atoms with Crippen molar-refractivity contribution in [2.45, 2.75) is 55.4 Å². The van der Waals surface area contributed by atoms with E-state index in [9.17, 15) is 19.7 Å². The molecule has 0 N–H and O–H groups in total. The first-order chi connectivity index (χ1) is 22.4. The zero-order valence-corrected chi connectivity index (χ0v) is 25.7. The molecule has 3 heterocycles. The molecule has 0 aliphatic carbocycles. The summed E-state index contributed by atoms with van der Waals surface area (Å²) in [6.45, 7) is 2.19. The fraction of sp³-hybridized carbons (Fsp3) is 0.297. The van der Waals surface area contributed by atoms with Crippen LogP contribution in [0.2, 0.25) is 0 Å². The first kappa shape index (κ1) is 29.7. The average molecular weight is 618 g/mol. The molecule has 2 saturated heterocycles. The minimum absolute atomic E-state index is 0.137. The van der Waals surface area contributed by atoms with Gasteiger partial charge in [-0.1, -0.05) is 84.9 Å². The van der Waals surface area contributed by atoms with Crippen LogP contribution in [0.1, 0.15) is 41.0 Å². The van der Waals surface area contributed by atoms with Gasteiger partial charge in [0.25, 0.3) is 0 Å². The summed E-state index contributed by atoms with van der Waals surface area (Å²) >= 11 is 0. The molecule has 234 valence electrons. The van der Waals surface area contributed by atoms with Crippen molar-refractivity contribution in [2.24, 2.45) is 0 Å². The van der Waals surface area contributed by atoms with E-state index in [1.54, 1.807) is 43.2 Å². The van der Waals surface area contributed by atoms with E-state index in [2.05, 4.69) is 0 Å². The van der Waals surface area contributed by atoms with Crippen LogP contribution in [0.4, 0.5) is 5.69 Å². The lowest BCUT2D eigenvalue weighted by molar-refractivity contribution is -0.529. The standard InChI is InChI=1S/C37H35N3O6/c1-3-46-36(42)37-22-26-16-10-11-17-27(26)23-38(37)34(33(40(43)44)31(37)25-14-8-5-9-15-25)32-30(24-12-6-4-7-13-24)35(41)39(32)28-18-20-29(45-2)21-19-28/h4-21,30-34H,3,22-23H2,1-2H3/t30-,31+,32-,33+,34+,37+/m1/s1. The largest absolute Gasteiger partial charge is 0.497 e. The van der Waals surface area contributed by atoms with Gasteiger partial charge in [0.1, 0.15) is 17.3 Å². The SMILES string of the molecule is CCOC(=O)[C@@]12Cc3ccccc3CN1[C@@H]([C@H]1[C@@H](c3ccccc3)C(=O)N1c1ccc(OC)cc1)[C@@H]([N+](=O)[O-])[C@@H]2c1ccccc1. The second-order valence-electron chi connectivity index (χ2n) is 12.2. The number of esters is 1. The molecule has 1 amide bonds. The highest BCUT2D eigenvalue weighted by molar-refractivity contribution is 6.07. The van der Waals surface area contributed by atoms with Gasteiger partial charge < -0.3 is 14.4 Å². The molecule has 3 aliphatic heterocycles. The monoisotopic (exact) mass is 617 g/mol. The number of β-lactam (4-membered cyclic amide) rings is 1. The number of fused-ring (bicyclic) bond motifs is 2. The Bertz CT molecular complexity index is 1770. The van der Waals surface area contributed by atoms with Gasteiger partial charge in [-0.25, -0.2) is 4.79 Å². The first-order valence-corrected chi connectivity index (χ1v) is 15.6. The van der Waals surface area contributed by atoms with Crippen molar-refractivity contribution in [1.29, 1.82) is 0 Å². The predicted molar refractivity (Wildman–Crippen MR) is 172 cm³/mol. The second-order valence-corrected chi connectivity index (χ2v) is 12.2. The minimum atomic E-state index is -1.38. The third-order valence-electron chi connectivity index (χ3n) is 10.0. The summed E-state index contributed by atoms with van der Waals surface area (Å²) in [5.74, 6) is -1.49. The maximum atomic E-state index is 14.5. The molecule has 0 aromatic heterocycles. The highest BCUT2D eigenvalue weighted by atomic mass is 16.6. The van der Waals surface area contributed by atoms with Crippen molar-refractivity contribution in [2.75, 3.05) is 18.6 Å². The van der Waals surface area contributed by atoms with Crippen molar-refractivity contribution < 1.29 is 24.0 Å². The molecular formula is C37H35N3O6. The highest BCUT2D eigenvalue weighted by Crippen LogP contribution is 2.57. The lowest BCUT2D eigenvalue weighted by atomic mass is 9.71. The topological polar surface area (TPSA) is 102 Å². The average Bonchev–Trinajstić information content (AvgIpc) is 3.38. The van der Waals surface area contributed by atoms with Gasteiger partial charge in [0.05, 0.1) is 31.6 Å². The molecule has 0 radical (unpaired) electrons. The lowest BCUT2D eigenvalue weighted by Gasteiger charge is -2.53. The van der Waals surface area contributed by atoms with Crippen LogP contribution < -0.4 is 9.64 Å². The third-order valence-corrected chi connectivity index (χ3v) is 10.0. The van der Waals surface area contributed by atoms with Crippen molar-refractivity contribution in [1.82, 2.24) is 4.90 Å². The van der Waals surface area contributed by atoms with Crippen LogP contribution in [0, 0.1) is 10.1 Å². The Kier molecular flexibility index (Phi) is 7.56. The van der Waals surface area contributed by atoms with E-state index in [1.807, 2.05) is 89.8 Å². The second kappa shape index (κ2) is 11.7. The quantitative estimate of drug-likeness (QED) is 0.113. The molecule has 0 bridgehead atoms. The number of methoxy groups -OCH3 is 1. The zero-order valence-electron chi connectivity index (χ0n) is 25.7. The van der Waals surface area contributed by atoms with E-state index < -0.39 is 41.5 Å². The summed E-state index contributed by atoms with van der Waals surface area (Å²) in [4.78, 5) is 45.7. The van der Waals surface area contributed by atoms with Gasteiger partial charge in [0, 0.05) is 23.6 Å². The lowest BCUT2D eigenvalue weighted by Crippen LogP contribution is -2.71. The van der Waals surface area contributed by atoms with Gasteiger partial charge in [0.15, 0.2) is 0 Å². The van der Waals surface area contributed by atoms with E-state index in [4.69, 9.17) is 9.47 Å². The van der Waals surface area contributed by atoms with Crippen LogP contribution in [-0.4, -0.2) is 59.1 Å². The Morgan fingerprint density at radius 3 is 2.09 bits per heavy atom. The predicted octanol–water partition coefficient (Wildman–Crippen LogP) is 5.37. The van der Waals surface area contributed by atoms with Crippen molar-refractivity contribution in [3.05, 3.63) is 142 Å². The van der Waals surface area contributed by atoms with Crippen LogP contribution >= 0.6 is 0 Å². The molecule has 9 heteroatoms. The Balaban J connectivity index is 1.48. The molecule has 46 heavy (non-hydrogen) atoms. The smallest absolute Gasteiger partial charge is 0.327 e. The van der Waals surface area contributed by atoms with Crippen molar-refractivity contribution in [3.8, 4) is 5.75 Å². The fourth-order valence-corrected chi connectivity index (χ4v) is 8.17. The van der Waals surface area contributed by atoms with Gasteiger partial charge in [-0.15, -0.1) is 0 Å². The maximum Gasteiger partial charge on any atom is 0.327 e. The number of nitrogens with zero attached hydrogens (tertiary/aromatic N) is 3. The van der Waals surface area contributed by atoms with Crippen LogP contribution in [0.3, 0.4) is 0 Å². The highest BCUT2D eigenvalue weighted by Gasteiger charge is 2.74. The molecule has 7 rings (SSSR count). The Morgan fingerprint density at radius 2 is 1.48 bits per heavy atom. The summed E-state index contributed by atoms with van der Waals surface area (Å²) in [5, 5.41) is 13.5. The molecular weight excluding hydrogens is 582 g/mol. The Hall–Kier alpha value is -5.02. The van der Waals surface area contributed by atoms with E-state index >= 15 is 0 Å². The number of rotatable bonds is 8. The van der Waals surface area contributed by atoms with E-state index in [0.717, 1.165) is 16.7 Å². The molecule has 0 saturated carbocycles. The summed E-state index contributed by atoms with van der Waals surface area (Å²) in [6.07, 6.45) is 0.252. The number of hydrogen-bond acceptors (Lipinski definition) is 7. The van der Waals surface area contributed by atoms with Gasteiger partial charge >= 0.3 is 5.97 Å². The number of carbonyl (C=O) groups excluding carboxylic acids is 2. The van der Waals surface area contributed by atoms with Crippen molar-refractivity contribution in [3.63, 3.8) is 0 Å². The molecule has 2 fully saturated rings. The number of carbonyl (C=O) groups is 2. The molecule has 6 atom stereocenters. The number of ether oxygens (including phenoxy) is 2. The number of amides is 1. The molecule has 9 nitrogen and oxygen atoms in total. The van der Waals surface area contributed by atoms with Gasteiger partial charge in [0.2, 0.25) is 11.9 Å². The Labute approximate surface area is 267 Å². The Morgan fingerprint density at radius 1 is 0.870 bits per heavy atom. The van der Waals surface area contributed by atoms with Gasteiger partial charge in [-0.05, 0) is 53.4 Å². The number of hydrogen-bond donors (Lipinski definition) is 0.